The maximum absolute atomic E-state index is 13.4. The van der Waals surface area contributed by atoms with Gasteiger partial charge in [0.15, 0.2) is 0 Å². The van der Waals surface area contributed by atoms with E-state index >= 15 is 0 Å². The van der Waals surface area contributed by atoms with Crippen molar-refractivity contribution < 1.29 is 18.7 Å². The van der Waals surface area contributed by atoms with E-state index in [9.17, 15) is 9.18 Å². The summed E-state index contributed by atoms with van der Waals surface area (Å²) in [7, 11) is 1.44. The normalized spacial score (nSPS) is 23.1. The predicted molar refractivity (Wildman–Crippen MR) is 63.9 cm³/mol. The van der Waals surface area contributed by atoms with Crippen molar-refractivity contribution in [2.45, 2.75) is 18.9 Å². The van der Waals surface area contributed by atoms with Crippen LogP contribution in [0.3, 0.4) is 0 Å². The molecule has 1 heterocycles. The Morgan fingerprint density at radius 1 is 1.39 bits per heavy atom. The van der Waals surface area contributed by atoms with E-state index in [1.807, 2.05) is 30.3 Å². The van der Waals surface area contributed by atoms with Gasteiger partial charge in [-0.3, -0.25) is 0 Å². The molecule has 1 amide bonds. The number of amides is 1. The van der Waals surface area contributed by atoms with E-state index < -0.39 is 18.4 Å². The van der Waals surface area contributed by atoms with Crippen LogP contribution in [-0.2, 0) is 16.1 Å². The van der Waals surface area contributed by atoms with Crippen LogP contribution in [0.1, 0.15) is 5.56 Å². The van der Waals surface area contributed by atoms with Crippen molar-refractivity contribution in [2.75, 3.05) is 20.2 Å². The van der Waals surface area contributed by atoms with Crippen molar-refractivity contribution in [2.24, 2.45) is 0 Å². The highest BCUT2D eigenvalue weighted by atomic mass is 19.1. The first-order chi connectivity index (χ1) is 8.70. The molecule has 0 N–H and O–H groups in total. The third-order valence-corrected chi connectivity index (χ3v) is 2.96. The molecule has 2 atom stereocenters. The van der Waals surface area contributed by atoms with Gasteiger partial charge in [-0.15, -0.1) is 0 Å². The smallest absolute Gasteiger partial charge is 0.410 e. The maximum atomic E-state index is 13.4. The molecule has 1 aromatic rings. The molecule has 4 nitrogen and oxygen atoms in total. The molecular formula is C13H16FNO3. The molecule has 1 aliphatic heterocycles. The number of nitrogens with zero attached hydrogens (tertiary/aromatic N) is 1. The molecule has 1 fully saturated rings. The van der Waals surface area contributed by atoms with Crippen molar-refractivity contribution in [1.82, 2.24) is 4.90 Å². The summed E-state index contributed by atoms with van der Waals surface area (Å²) >= 11 is 0. The molecule has 0 radical (unpaired) electrons. The minimum atomic E-state index is -1.14. The summed E-state index contributed by atoms with van der Waals surface area (Å²) in [4.78, 5) is 13.0. The lowest BCUT2D eigenvalue weighted by atomic mass is 10.2. The zero-order valence-electron chi connectivity index (χ0n) is 10.2. The third kappa shape index (κ3) is 2.98. The molecule has 0 aliphatic carbocycles. The van der Waals surface area contributed by atoms with E-state index in [0.29, 0.717) is 0 Å². The Bertz CT molecular complexity index is 398. The van der Waals surface area contributed by atoms with Crippen LogP contribution in [0.25, 0.3) is 0 Å². The predicted octanol–water partition coefficient (Wildman–Crippen LogP) is 1.99. The summed E-state index contributed by atoms with van der Waals surface area (Å²) in [5.74, 6) is 0. The van der Waals surface area contributed by atoms with E-state index in [4.69, 9.17) is 9.47 Å². The Morgan fingerprint density at radius 3 is 2.72 bits per heavy atom. The summed E-state index contributed by atoms with van der Waals surface area (Å²) in [5, 5.41) is 0. The number of carbonyl (C=O) groups excluding carboxylic acids is 1. The summed E-state index contributed by atoms with van der Waals surface area (Å²) in [5.41, 5.74) is 0.908. The average Bonchev–Trinajstić information content (AvgIpc) is 2.78. The number of methoxy groups -OCH3 is 1. The van der Waals surface area contributed by atoms with E-state index in [2.05, 4.69) is 0 Å². The van der Waals surface area contributed by atoms with Crippen molar-refractivity contribution in [3.05, 3.63) is 35.9 Å². The van der Waals surface area contributed by atoms with Crippen LogP contribution >= 0.6 is 0 Å². The summed E-state index contributed by atoms with van der Waals surface area (Å²) < 4.78 is 23.4. The van der Waals surface area contributed by atoms with Crippen LogP contribution in [0.15, 0.2) is 30.3 Å². The van der Waals surface area contributed by atoms with Gasteiger partial charge >= 0.3 is 6.09 Å². The van der Waals surface area contributed by atoms with E-state index in [-0.39, 0.29) is 19.7 Å². The molecule has 0 spiro atoms. The van der Waals surface area contributed by atoms with Crippen molar-refractivity contribution >= 4 is 6.09 Å². The van der Waals surface area contributed by atoms with Crippen LogP contribution in [0.2, 0.25) is 0 Å². The van der Waals surface area contributed by atoms with Gasteiger partial charge in [0.1, 0.15) is 18.9 Å². The minimum absolute atomic E-state index is 0.0339. The van der Waals surface area contributed by atoms with Gasteiger partial charge in [0.2, 0.25) is 0 Å². The zero-order valence-corrected chi connectivity index (χ0v) is 10.2. The first kappa shape index (κ1) is 12.8. The van der Waals surface area contributed by atoms with Gasteiger partial charge in [-0.2, -0.15) is 0 Å². The number of hydrogen-bond donors (Lipinski definition) is 0. The SMILES string of the molecule is COC1CN(C(=O)OCc2ccccc2)CC1F. The number of halogens is 1. The minimum Gasteiger partial charge on any atom is -0.445 e. The molecule has 18 heavy (non-hydrogen) atoms. The van der Waals surface area contributed by atoms with Gasteiger partial charge in [-0.05, 0) is 5.56 Å². The van der Waals surface area contributed by atoms with Crippen molar-refractivity contribution in [3.8, 4) is 0 Å². The fourth-order valence-corrected chi connectivity index (χ4v) is 1.92. The van der Waals surface area contributed by atoms with Crippen LogP contribution in [0.4, 0.5) is 9.18 Å². The molecular weight excluding hydrogens is 237 g/mol. The average molecular weight is 253 g/mol. The van der Waals surface area contributed by atoms with Crippen LogP contribution in [0.5, 0.6) is 0 Å². The van der Waals surface area contributed by atoms with E-state index in [1.165, 1.54) is 12.0 Å². The first-order valence-corrected chi connectivity index (χ1v) is 5.83. The largest absolute Gasteiger partial charge is 0.445 e. The quantitative estimate of drug-likeness (QED) is 0.827. The molecule has 2 rings (SSSR count). The molecule has 5 heteroatoms. The highest BCUT2D eigenvalue weighted by Crippen LogP contribution is 2.17. The molecule has 1 aliphatic rings. The summed E-state index contributed by atoms with van der Waals surface area (Å²) in [6.45, 7) is 0.474. The molecule has 1 saturated heterocycles. The Labute approximate surface area is 105 Å². The lowest BCUT2D eigenvalue weighted by Crippen LogP contribution is -2.30. The number of ether oxygens (including phenoxy) is 2. The van der Waals surface area contributed by atoms with Gasteiger partial charge in [-0.25, -0.2) is 9.18 Å². The molecule has 0 saturated carbocycles. The van der Waals surface area contributed by atoms with Crippen LogP contribution < -0.4 is 0 Å². The van der Waals surface area contributed by atoms with Crippen molar-refractivity contribution in [1.29, 1.82) is 0 Å². The third-order valence-electron chi connectivity index (χ3n) is 2.96. The first-order valence-electron chi connectivity index (χ1n) is 5.83. The number of likely N-dealkylation sites (tertiary alicyclic amines) is 1. The Morgan fingerprint density at radius 2 is 2.11 bits per heavy atom. The van der Waals surface area contributed by atoms with Crippen LogP contribution in [0, 0.1) is 0 Å². The van der Waals surface area contributed by atoms with Gasteiger partial charge in [-0.1, -0.05) is 30.3 Å². The lowest BCUT2D eigenvalue weighted by molar-refractivity contribution is 0.0602. The summed E-state index contributed by atoms with van der Waals surface area (Å²) in [6, 6.07) is 9.37. The number of rotatable bonds is 3. The molecule has 98 valence electrons. The van der Waals surface area contributed by atoms with Gasteiger partial charge < -0.3 is 14.4 Å². The Hall–Kier alpha value is -1.62. The second kappa shape index (κ2) is 5.82. The zero-order chi connectivity index (χ0) is 13.0. The Kier molecular flexibility index (Phi) is 4.15. The number of alkyl halides is 1. The maximum Gasteiger partial charge on any atom is 0.410 e. The van der Waals surface area contributed by atoms with Crippen molar-refractivity contribution in [3.63, 3.8) is 0 Å². The fourth-order valence-electron chi connectivity index (χ4n) is 1.92. The standard InChI is InChI=1S/C13H16FNO3/c1-17-12-8-15(7-11(12)14)13(16)18-9-10-5-3-2-4-6-10/h2-6,11-12H,7-9H2,1H3. The molecule has 0 bridgehead atoms. The van der Waals surface area contributed by atoms with Gasteiger partial charge in [0, 0.05) is 7.11 Å². The number of benzene rings is 1. The topological polar surface area (TPSA) is 38.8 Å². The van der Waals surface area contributed by atoms with Gasteiger partial charge in [0.05, 0.1) is 13.1 Å². The number of carbonyl (C=O) groups is 1. The highest BCUT2D eigenvalue weighted by Gasteiger charge is 2.36. The fraction of sp³-hybridized carbons (Fsp3) is 0.462. The summed E-state index contributed by atoms with van der Waals surface area (Å²) in [6.07, 6.45) is -2.19. The van der Waals surface area contributed by atoms with Crippen LogP contribution in [-0.4, -0.2) is 43.5 Å². The second-order valence-electron chi connectivity index (χ2n) is 4.24. The molecule has 1 aromatic carbocycles. The molecule has 2 unspecified atom stereocenters. The molecule has 0 aromatic heterocycles. The number of hydrogen-bond acceptors (Lipinski definition) is 3. The monoisotopic (exact) mass is 253 g/mol. The highest BCUT2D eigenvalue weighted by molar-refractivity contribution is 5.68. The lowest BCUT2D eigenvalue weighted by Gasteiger charge is -2.15. The Balaban J connectivity index is 1.82. The van der Waals surface area contributed by atoms with E-state index in [1.54, 1.807) is 0 Å². The second-order valence-corrected chi connectivity index (χ2v) is 4.24. The van der Waals surface area contributed by atoms with E-state index in [0.717, 1.165) is 5.56 Å². The van der Waals surface area contributed by atoms with Gasteiger partial charge in [0.25, 0.3) is 0 Å².